The monoisotopic (exact) mass is 252 g/mol. The van der Waals surface area contributed by atoms with Crippen LogP contribution in [0.3, 0.4) is 0 Å². The molecule has 76 valence electrons. The summed E-state index contributed by atoms with van der Waals surface area (Å²) in [6.07, 6.45) is 0.941. The predicted molar refractivity (Wildman–Crippen MR) is 51.4 cm³/mol. The van der Waals surface area contributed by atoms with Crippen LogP contribution in [0.4, 0.5) is 0 Å². The molecule has 0 aliphatic carbocycles. The average molecular weight is 253 g/mol. The summed E-state index contributed by atoms with van der Waals surface area (Å²) >= 11 is 3.05. The smallest absolute Gasteiger partial charge is 0.345 e. The van der Waals surface area contributed by atoms with Gasteiger partial charge in [0.25, 0.3) is 0 Å². The molecule has 0 aromatic rings. The first-order chi connectivity index (χ1) is 6.15. The van der Waals surface area contributed by atoms with Gasteiger partial charge in [0.05, 0.1) is 6.61 Å². The van der Waals surface area contributed by atoms with Crippen molar-refractivity contribution in [2.45, 2.75) is 13.2 Å². The van der Waals surface area contributed by atoms with E-state index in [1.165, 1.54) is 20.3 Å². The molecule has 0 rings (SSSR count). The predicted octanol–water partition coefficient (Wildman–Crippen LogP) is 1.45. The molecule has 13 heavy (non-hydrogen) atoms. The fourth-order valence-corrected chi connectivity index (χ4v) is 0.950. The zero-order valence-electron chi connectivity index (χ0n) is 7.87. The summed E-state index contributed by atoms with van der Waals surface area (Å²) in [6, 6.07) is 0. The summed E-state index contributed by atoms with van der Waals surface area (Å²) in [7, 11) is 2.96. The van der Waals surface area contributed by atoms with Gasteiger partial charge in [-0.1, -0.05) is 0 Å². The standard InChI is InChI=1S/C8H13BrO4/c1-4-13-8(10)6(9)5-7(11-2)12-3/h5,7H,4H2,1-3H3/b6-5-. The van der Waals surface area contributed by atoms with E-state index in [1.54, 1.807) is 6.92 Å². The maximum Gasteiger partial charge on any atom is 0.345 e. The first-order valence-electron chi connectivity index (χ1n) is 3.75. The van der Waals surface area contributed by atoms with Crippen molar-refractivity contribution < 1.29 is 19.0 Å². The second-order valence-corrected chi connectivity index (χ2v) is 2.93. The van der Waals surface area contributed by atoms with Crippen molar-refractivity contribution in [1.29, 1.82) is 0 Å². The van der Waals surface area contributed by atoms with Gasteiger partial charge in [0.15, 0.2) is 6.29 Å². The molecular weight excluding hydrogens is 240 g/mol. The van der Waals surface area contributed by atoms with Gasteiger partial charge in [0.1, 0.15) is 4.48 Å². The van der Waals surface area contributed by atoms with Gasteiger partial charge in [-0.15, -0.1) is 0 Å². The lowest BCUT2D eigenvalue weighted by molar-refractivity contribution is -0.137. The normalized spacial score (nSPS) is 11.9. The minimum Gasteiger partial charge on any atom is -0.462 e. The number of halogens is 1. The van der Waals surface area contributed by atoms with Crippen molar-refractivity contribution in [3.8, 4) is 0 Å². The minimum absolute atomic E-state index is 0.294. The number of hydrogen-bond donors (Lipinski definition) is 0. The van der Waals surface area contributed by atoms with Crippen molar-refractivity contribution in [2.24, 2.45) is 0 Å². The molecule has 4 nitrogen and oxygen atoms in total. The summed E-state index contributed by atoms with van der Waals surface area (Å²) in [5, 5.41) is 0. The van der Waals surface area contributed by atoms with Crippen LogP contribution in [-0.2, 0) is 19.0 Å². The summed E-state index contributed by atoms with van der Waals surface area (Å²) < 4.78 is 14.7. The van der Waals surface area contributed by atoms with Crippen LogP contribution in [0.2, 0.25) is 0 Å². The molecule has 0 aromatic heterocycles. The molecule has 0 heterocycles. The maximum atomic E-state index is 11.1. The van der Waals surface area contributed by atoms with Crippen molar-refractivity contribution in [3.05, 3.63) is 10.6 Å². The average Bonchev–Trinajstić information content (AvgIpc) is 2.14. The van der Waals surface area contributed by atoms with Crippen LogP contribution in [0.25, 0.3) is 0 Å². The van der Waals surface area contributed by atoms with Crippen LogP contribution in [0.1, 0.15) is 6.92 Å². The van der Waals surface area contributed by atoms with Gasteiger partial charge in [-0.25, -0.2) is 4.79 Å². The van der Waals surface area contributed by atoms with Crippen molar-refractivity contribution in [2.75, 3.05) is 20.8 Å². The van der Waals surface area contributed by atoms with Gasteiger partial charge in [0.2, 0.25) is 0 Å². The molecule has 0 spiro atoms. The van der Waals surface area contributed by atoms with E-state index in [9.17, 15) is 4.79 Å². The van der Waals surface area contributed by atoms with Crippen molar-refractivity contribution in [1.82, 2.24) is 0 Å². The molecular formula is C8H13BrO4. The number of methoxy groups -OCH3 is 2. The summed E-state index contributed by atoms with van der Waals surface area (Å²) in [4.78, 5) is 11.1. The van der Waals surface area contributed by atoms with Crippen molar-refractivity contribution in [3.63, 3.8) is 0 Å². The Morgan fingerprint density at radius 1 is 1.46 bits per heavy atom. The van der Waals surface area contributed by atoms with Crippen LogP contribution in [-0.4, -0.2) is 33.1 Å². The number of carbonyl (C=O) groups is 1. The quantitative estimate of drug-likeness (QED) is 0.422. The SMILES string of the molecule is CCOC(=O)/C(Br)=C/C(OC)OC. The van der Waals surface area contributed by atoms with Crippen LogP contribution < -0.4 is 0 Å². The van der Waals surface area contributed by atoms with Gasteiger partial charge in [0, 0.05) is 14.2 Å². The van der Waals surface area contributed by atoms with Crippen LogP contribution in [0.5, 0.6) is 0 Å². The summed E-state index contributed by atoms with van der Waals surface area (Å²) in [5.41, 5.74) is 0. The molecule has 0 atom stereocenters. The van der Waals surface area contributed by atoms with E-state index in [0.29, 0.717) is 11.1 Å². The third-order valence-electron chi connectivity index (χ3n) is 1.22. The Balaban J connectivity index is 4.20. The lowest BCUT2D eigenvalue weighted by atomic mass is 10.5. The number of ether oxygens (including phenoxy) is 3. The summed E-state index contributed by atoms with van der Waals surface area (Å²) in [6.45, 7) is 2.08. The fourth-order valence-electron chi connectivity index (χ4n) is 0.620. The molecule has 0 saturated heterocycles. The maximum absolute atomic E-state index is 11.1. The van der Waals surface area contributed by atoms with E-state index >= 15 is 0 Å². The molecule has 0 aliphatic heterocycles. The number of hydrogen-bond acceptors (Lipinski definition) is 4. The highest BCUT2D eigenvalue weighted by molar-refractivity contribution is 9.12. The molecule has 0 saturated carbocycles. The second kappa shape index (κ2) is 7.06. The van der Waals surface area contributed by atoms with Crippen LogP contribution in [0, 0.1) is 0 Å². The van der Waals surface area contributed by atoms with E-state index in [4.69, 9.17) is 14.2 Å². The van der Waals surface area contributed by atoms with E-state index in [2.05, 4.69) is 15.9 Å². The molecule has 0 fully saturated rings. The molecule has 0 amide bonds. The molecule has 0 aliphatic rings. The Kier molecular flexibility index (Phi) is 6.84. The van der Waals surface area contributed by atoms with Crippen molar-refractivity contribution >= 4 is 21.9 Å². The Hall–Kier alpha value is -0.390. The number of rotatable bonds is 5. The van der Waals surface area contributed by atoms with E-state index in [-0.39, 0.29) is 0 Å². The Bertz CT molecular complexity index is 187. The topological polar surface area (TPSA) is 44.8 Å². The van der Waals surface area contributed by atoms with Gasteiger partial charge in [-0.2, -0.15) is 0 Å². The number of carbonyl (C=O) groups excluding carboxylic acids is 1. The van der Waals surface area contributed by atoms with E-state index in [0.717, 1.165) is 0 Å². The molecule has 5 heteroatoms. The Morgan fingerprint density at radius 2 is 2.00 bits per heavy atom. The fraction of sp³-hybridized carbons (Fsp3) is 0.625. The van der Waals surface area contributed by atoms with Gasteiger partial charge in [-0.3, -0.25) is 0 Å². The summed E-state index contributed by atoms with van der Waals surface area (Å²) in [5.74, 6) is -0.429. The third kappa shape index (κ3) is 5.02. The van der Waals surface area contributed by atoms with E-state index < -0.39 is 12.3 Å². The Labute approximate surface area is 86.0 Å². The van der Waals surface area contributed by atoms with E-state index in [1.807, 2.05) is 0 Å². The highest BCUT2D eigenvalue weighted by atomic mass is 79.9. The zero-order valence-corrected chi connectivity index (χ0v) is 9.46. The van der Waals surface area contributed by atoms with Gasteiger partial charge < -0.3 is 14.2 Å². The number of esters is 1. The molecule has 0 bridgehead atoms. The first kappa shape index (κ1) is 12.6. The lowest BCUT2D eigenvalue weighted by Crippen LogP contribution is -2.12. The lowest BCUT2D eigenvalue weighted by Gasteiger charge is -2.08. The molecule has 0 N–H and O–H groups in total. The highest BCUT2D eigenvalue weighted by Crippen LogP contribution is 2.10. The largest absolute Gasteiger partial charge is 0.462 e. The Morgan fingerprint density at radius 3 is 2.38 bits per heavy atom. The minimum atomic E-state index is -0.543. The third-order valence-corrected chi connectivity index (χ3v) is 1.81. The van der Waals surface area contributed by atoms with Gasteiger partial charge in [-0.05, 0) is 28.9 Å². The zero-order chi connectivity index (χ0) is 10.3. The van der Waals surface area contributed by atoms with Crippen LogP contribution in [0.15, 0.2) is 10.6 Å². The molecule has 0 aromatic carbocycles. The second-order valence-electron chi connectivity index (χ2n) is 2.07. The highest BCUT2D eigenvalue weighted by Gasteiger charge is 2.09. The van der Waals surface area contributed by atoms with Gasteiger partial charge >= 0.3 is 5.97 Å². The molecule has 0 radical (unpaired) electrons. The van der Waals surface area contributed by atoms with Crippen LogP contribution >= 0.6 is 15.9 Å². The molecule has 0 unspecified atom stereocenters. The first-order valence-corrected chi connectivity index (χ1v) is 4.55.